The van der Waals surface area contributed by atoms with E-state index < -0.39 is 0 Å². The molecule has 250 valence electrons. The van der Waals surface area contributed by atoms with Crippen LogP contribution in [-0.2, 0) is 9.47 Å². The number of benzene rings is 2. The molecule has 0 bridgehead atoms. The van der Waals surface area contributed by atoms with E-state index >= 15 is 0 Å². The molecule has 2 aromatic heterocycles. The summed E-state index contributed by atoms with van der Waals surface area (Å²) in [5.74, 6) is 2.98. The van der Waals surface area contributed by atoms with Gasteiger partial charge in [0, 0.05) is 52.8 Å². The third-order valence-electron chi connectivity index (χ3n) is 9.63. The number of aromatic nitrogens is 2. The average Bonchev–Trinajstić information content (AvgIpc) is 3.25. The zero-order chi connectivity index (χ0) is 32.7. The van der Waals surface area contributed by atoms with Gasteiger partial charge < -0.3 is 33.6 Å². The number of fused-ring (bicyclic) bond motifs is 2. The number of hydrogen-bond donors (Lipinski definition) is 1. The van der Waals surface area contributed by atoms with Crippen molar-refractivity contribution < 1.29 is 23.7 Å². The summed E-state index contributed by atoms with van der Waals surface area (Å²) in [5, 5.41) is 2.03. The lowest BCUT2D eigenvalue weighted by Crippen LogP contribution is -2.43. The number of ether oxygens (including phenoxy) is 5. The Hall–Kier alpha value is -3.33. The molecule has 0 atom stereocenters. The summed E-state index contributed by atoms with van der Waals surface area (Å²) in [6, 6.07) is 12.1. The van der Waals surface area contributed by atoms with E-state index in [9.17, 15) is 0 Å². The lowest BCUT2D eigenvalue weighted by molar-refractivity contribution is -0.119. The first kappa shape index (κ1) is 34.0. The third-order valence-corrected chi connectivity index (χ3v) is 9.63. The lowest BCUT2D eigenvalue weighted by atomic mass is 9.79. The Morgan fingerprint density at radius 2 is 1.85 bits per heavy atom. The molecule has 0 radical (unpaired) electrons. The maximum absolute atomic E-state index is 6.34. The quantitative estimate of drug-likeness (QED) is 0.166. The number of nitrogens with one attached hydrogen (secondary N) is 1. The van der Waals surface area contributed by atoms with Gasteiger partial charge in [-0.25, -0.2) is 0 Å². The molecule has 2 aliphatic heterocycles. The second-order valence-electron chi connectivity index (χ2n) is 13.9. The van der Waals surface area contributed by atoms with Crippen molar-refractivity contribution in [2.24, 2.45) is 10.8 Å². The maximum Gasteiger partial charge on any atom is 0.166 e. The second-order valence-corrected chi connectivity index (χ2v) is 13.9. The number of H-pyrrole nitrogens is 1. The summed E-state index contributed by atoms with van der Waals surface area (Å²) >= 11 is 0. The molecule has 8 heteroatoms. The number of pyridine rings is 1. The SMILES string of the molecule is CCC(C)(C)COC.COc1cc2c(Oc3ccc4[nH]c(C)cc4c3)ccnc2c(C)c1OCCCN1CCCC2(CC1)COC2. The molecule has 2 aromatic carbocycles. The highest BCUT2D eigenvalue weighted by Crippen LogP contribution is 2.41. The van der Waals surface area contributed by atoms with Crippen molar-refractivity contribution in [2.45, 2.75) is 66.7 Å². The second kappa shape index (κ2) is 15.1. The van der Waals surface area contributed by atoms with Gasteiger partial charge in [-0.3, -0.25) is 4.98 Å². The maximum atomic E-state index is 6.34. The predicted octanol–water partition coefficient (Wildman–Crippen LogP) is 8.47. The minimum absolute atomic E-state index is 0.370. The number of rotatable bonds is 11. The smallest absolute Gasteiger partial charge is 0.166 e. The van der Waals surface area contributed by atoms with Gasteiger partial charge in [0.25, 0.3) is 0 Å². The van der Waals surface area contributed by atoms with Gasteiger partial charge in [-0.15, -0.1) is 0 Å². The number of aromatic amines is 1. The summed E-state index contributed by atoms with van der Waals surface area (Å²) < 4.78 is 28.9. The molecular formula is C38H53N3O5. The van der Waals surface area contributed by atoms with E-state index in [1.165, 1.54) is 32.2 Å². The van der Waals surface area contributed by atoms with Crippen molar-refractivity contribution in [3.05, 3.63) is 53.9 Å². The Kier molecular flexibility index (Phi) is 11.1. The molecule has 0 amide bonds. The van der Waals surface area contributed by atoms with Gasteiger partial charge in [-0.2, -0.15) is 0 Å². The van der Waals surface area contributed by atoms with Crippen LogP contribution in [0.4, 0.5) is 0 Å². The van der Waals surface area contributed by atoms with Gasteiger partial charge >= 0.3 is 0 Å². The first-order valence-electron chi connectivity index (χ1n) is 16.8. The van der Waals surface area contributed by atoms with E-state index in [1.54, 1.807) is 20.4 Å². The van der Waals surface area contributed by atoms with Crippen LogP contribution in [0.25, 0.3) is 21.8 Å². The molecule has 46 heavy (non-hydrogen) atoms. The Morgan fingerprint density at radius 1 is 1.02 bits per heavy atom. The van der Waals surface area contributed by atoms with Gasteiger partial charge in [0.05, 0.1) is 39.1 Å². The number of likely N-dealkylation sites (tertiary alicyclic amines) is 1. The van der Waals surface area contributed by atoms with Crippen LogP contribution in [0.2, 0.25) is 0 Å². The highest BCUT2D eigenvalue weighted by atomic mass is 16.5. The topological polar surface area (TPSA) is 78.1 Å². The minimum Gasteiger partial charge on any atom is -0.493 e. The molecule has 6 rings (SSSR count). The predicted molar refractivity (Wildman–Crippen MR) is 186 cm³/mol. The first-order chi connectivity index (χ1) is 22.2. The van der Waals surface area contributed by atoms with E-state index in [1.807, 2.05) is 31.2 Å². The molecule has 1 spiro atoms. The van der Waals surface area contributed by atoms with E-state index in [-0.39, 0.29) is 0 Å². The van der Waals surface area contributed by atoms with Crippen LogP contribution >= 0.6 is 0 Å². The van der Waals surface area contributed by atoms with E-state index in [0.717, 1.165) is 89.6 Å². The Bertz CT molecular complexity index is 1590. The Morgan fingerprint density at radius 3 is 2.54 bits per heavy atom. The van der Waals surface area contributed by atoms with Crippen molar-refractivity contribution in [1.82, 2.24) is 14.9 Å². The molecule has 0 saturated carbocycles. The standard InChI is InChI=1S/C31H37N3O4.C7H16O/c1-21-16-23-17-24(6-7-26(23)33-21)38-27-8-11-32-29-22(2)30(28(35-3)18-25(27)29)37-15-5-13-34-12-4-9-31(10-14-34)19-36-20-31;1-5-7(2,3)6-8-4/h6-8,11,16-18,33H,4-5,9-10,12-15,19-20H2,1-3H3;5-6H2,1-4H3. The molecule has 8 nitrogen and oxygen atoms in total. The zero-order valence-corrected chi connectivity index (χ0v) is 29.0. The van der Waals surface area contributed by atoms with Crippen molar-refractivity contribution in [1.29, 1.82) is 0 Å². The van der Waals surface area contributed by atoms with E-state index in [4.69, 9.17) is 23.7 Å². The van der Waals surface area contributed by atoms with Crippen LogP contribution in [0.5, 0.6) is 23.0 Å². The molecular weight excluding hydrogens is 578 g/mol. The van der Waals surface area contributed by atoms with Crippen molar-refractivity contribution in [3.63, 3.8) is 0 Å². The highest BCUT2D eigenvalue weighted by molar-refractivity contribution is 5.91. The van der Waals surface area contributed by atoms with E-state index in [0.29, 0.717) is 23.2 Å². The van der Waals surface area contributed by atoms with Crippen LogP contribution in [0.3, 0.4) is 0 Å². The Labute approximate surface area is 274 Å². The molecule has 2 fully saturated rings. The third kappa shape index (κ3) is 8.14. The molecule has 0 aliphatic carbocycles. The first-order valence-corrected chi connectivity index (χ1v) is 16.8. The van der Waals surface area contributed by atoms with Gasteiger partial charge in [-0.05, 0) is 101 Å². The molecule has 4 aromatic rings. The van der Waals surface area contributed by atoms with Crippen molar-refractivity contribution in [2.75, 3.05) is 60.3 Å². The average molecular weight is 632 g/mol. The normalized spacial score (nSPS) is 16.5. The van der Waals surface area contributed by atoms with E-state index in [2.05, 4.69) is 54.7 Å². The summed E-state index contributed by atoms with van der Waals surface area (Å²) in [5.41, 5.74) is 4.88. The summed E-state index contributed by atoms with van der Waals surface area (Å²) in [6.45, 7) is 17.5. The fourth-order valence-electron chi connectivity index (χ4n) is 6.42. The number of hydrogen-bond acceptors (Lipinski definition) is 7. The number of nitrogens with zero attached hydrogens (tertiary/aromatic N) is 2. The van der Waals surface area contributed by atoms with Gasteiger partial charge in [-0.1, -0.05) is 20.8 Å². The largest absolute Gasteiger partial charge is 0.493 e. The summed E-state index contributed by atoms with van der Waals surface area (Å²) in [6.07, 6.45) is 7.76. The molecule has 1 N–H and O–H groups in total. The zero-order valence-electron chi connectivity index (χ0n) is 29.0. The van der Waals surface area contributed by atoms with Crippen molar-refractivity contribution >= 4 is 21.8 Å². The lowest BCUT2D eigenvalue weighted by Gasteiger charge is -2.40. The minimum atomic E-state index is 0.370. The van der Waals surface area contributed by atoms with Gasteiger partial charge in [0.2, 0.25) is 0 Å². The Balaban J connectivity index is 0.000000463. The number of aryl methyl sites for hydroxylation is 2. The van der Waals surface area contributed by atoms with Gasteiger partial charge in [0.15, 0.2) is 11.5 Å². The fraction of sp³-hybridized carbons (Fsp3) is 0.553. The van der Waals surface area contributed by atoms with Crippen LogP contribution < -0.4 is 14.2 Å². The molecule has 2 saturated heterocycles. The number of methoxy groups -OCH3 is 2. The molecule has 4 heterocycles. The fourth-order valence-corrected chi connectivity index (χ4v) is 6.42. The summed E-state index contributed by atoms with van der Waals surface area (Å²) in [4.78, 5) is 10.6. The van der Waals surface area contributed by atoms with Crippen LogP contribution in [0.15, 0.2) is 42.6 Å². The molecule has 0 unspecified atom stereocenters. The molecule has 2 aliphatic rings. The summed E-state index contributed by atoms with van der Waals surface area (Å²) in [7, 11) is 3.43. The monoisotopic (exact) mass is 631 g/mol. The van der Waals surface area contributed by atoms with Gasteiger partial charge in [0.1, 0.15) is 11.5 Å². The van der Waals surface area contributed by atoms with Crippen LogP contribution in [0, 0.1) is 24.7 Å². The highest BCUT2D eigenvalue weighted by Gasteiger charge is 2.39. The van der Waals surface area contributed by atoms with Crippen molar-refractivity contribution in [3.8, 4) is 23.0 Å². The van der Waals surface area contributed by atoms with Crippen LogP contribution in [-0.4, -0.2) is 75.1 Å². The van der Waals surface area contributed by atoms with Crippen LogP contribution in [0.1, 0.15) is 64.1 Å².